The molecule has 0 bridgehead atoms. The molecule has 1 amide bonds. The molecule has 1 aliphatic rings. The summed E-state index contributed by atoms with van der Waals surface area (Å²) in [5.74, 6) is -2.38. The predicted octanol–water partition coefficient (Wildman–Crippen LogP) is 4.01. The molecule has 0 unspecified atom stereocenters. The Morgan fingerprint density at radius 2 is 2.05 bits per heavy atom. The van der Waals surface area contributed by atoms with Gasteiger partial charge in [-0.25, -0.2) is 9.49 Å². The van der Waals surface area contributed by atoms with Gasteiger partial charge in [-0.2, -0.15) is 9.49 Å². The molecule has 4 rings (SSSR count). The lowest BCUT2D eigenvalue weighted by atomic mass is 9.88. The number of halogens is 2. The topological polar surface area (TPSA) is 126 Å². The molecule has 0 radical (unpaired) electrons. The summed E-state index contributed by atoms with van der Waals surface area (Å²) in [7, 11) is 1.58. The van der Waals surface area contributed by atoms with Crippen LogP contribution in [0.2, 0.25) is 0 Å². The van der Waals surface area contributed by atoms with E-state index in [0.29, 0.717) is 24.5 Å². The minimum atomic E-state index is -1.08. The number of H-pyrrole nitrogens is 1. The number of hydrogen-bond acceptors (Lipinski definition) is 7. The number of anilines is 3. The van der Waals surface area contributed by atoms with Crippen molar-refractivity contribution in [3.63, 3.8) is 0 Å². The Morgan fingerprint density at radius 3 is 2.76 bits per heavy atom. The summed E-state index contributed by atoms with van der Waals surface area (Å²) >= 11 is 0. The minimum Gasteiger partial charge on any atom is -0.454 e. The summed E-state index contributed by atoms with van der Waals surface area (Å²) in [6.07, 6.45) is 2.75. The van der Waals surface area contributed by atoms with Gasteiger partial charge in [-0.1, -0.05) is 12.6 Å². The largest absolute Gasteiger partial charge is 0.454 e. The maximum absolute atomic E-state index is 13.9. The van der Waals surface area contributed by atoms with E-state index in [0.717, 1.165) is 18.9 Å². The van der Waals surface area contributed by atoms with Gasteiger partial charge in [0.15, 0.2) is 17.4 Å². The van der Waals surface area contributed by atoms with Gasteiger partial charge in [0, 0.05) is 31.7 Å². The van der Waals surface area contributed by atoms with Crippen LogP contribution in [0.25, 0.3) is 0 Å². The van der Waals surface area contributed by atoms with E-state index in [2.05, 4.69) is 27.1 Å². The van der Waals surface area contributed by atoms with Gasteiger partial charge in [0.1, 0.15) is 5.75 Å². The molecule has 37 heavy (non-hydrogen) atoms. The van der Waals surface area contributed by atoms with Crippen LogP contribution in [-0.2, 0) is 4.79 Å². The van der Waals surface area contributed by atoms with Crippen molar-refractivity contribution in [3.05, 3.63) is 82.7 Å². The third kappa shape index (κ3) is 5.50. The van der Waals surface area contributed by atoms with Crippen LogP contribution in [0.3, 0.4) is 0 Å². The van der Waals surface area contributed by atoms with Crippen LogP contribution in [0, 0.1) is 17.6 Å². The average Bonchev–Trinajstić information content (AvgIpc) is 2.91. The van der Waals surface area contributed by atoms with Gasteiger partial charge < -0.3 is 20.7 Å². The van der Waals surface area contributed by atoms with Crippen molar-refractivity contribution in [2.75, 3.05) is 31.2 Å². The van der Waals surface area contributed by atoms with E-state index in [-0.39, 0.29) is 40.4 Å². The second-order valence-electron chi connectivity index (χ2n) is 8.43. The van der Waals surface area contributed by atoms with Crippen LogP contribution in [0.15, 0.2) is 64.9 Å². The second kappa shape index (κ2) is 11.0. The number of carbonyl (C=O) groups is 1. The number of amides is 1. The molecule has 0 spiro atoms. The lowest BCUT2D eigenvalue weighted by Gasteiger charge is -2.33. The average molecular weight is 509 g/mol. The van der Waals surface area contributed by atoms with E-state index in [4.69, 9.17) is 10.5 Å². The van der Waals surface area contributed by atoms with Crippen LogP contribution in [0.4, 0.5) is 26.0 Å². The fourth-order valence-corrected chi connectivity index (χ4v) is 4.30. The maximum atomic E-state index is 13.9. The Balaban J connectivity index is 1.61. The van der Waals surface area contributed by atoms with Crippen molar-refractivity contribution in [3.8, 4) is 11.5 Å². The standard InChI is InChI=1S/C26H26F2N6O3/c1-3-20(35)34-13-5-6-15(14-34)23(30-2)21-24(25(29)32-33-26(21)36)31-16-9-11-17(12-10-16)37-19-8-4-7-18(27)22(19)28/h3-4,7-12,15H,1,5-6,13-14H2,2H3,(H2,29,32)(H2,31,33,36)/t15-/m0/s1. The Hall–Kier alpha value is -4.54. The normalized spacial score (nSPS) is 15.8. The molecular formula is C26H26F2N6O3. The number of nitrogens with two attached hydrogens (primary N) is 1. The zero-order valence-electron chi connectivity index (χ0n) is 20.1. The minimum absolute atomic E-state index is 0.0488. The van der Waals surface area contributed by atoms with Gasteiger partial charge in [-0.15, -0.1) is 0 Å². The number of benzene rings is 2. The first-order chi connectivity index (χ1) is 17.8. The van der Waals surface area contributed by atoms with E-state index in [1.54, 1.807) is 36.2 Å². The van der Waals surface area contributed by atoms with Gasteiger partial charge in [0.2, 0.25) is 11.7 Å². The number of nitrogens with zero attached hydrogens (tertiary/aromatic N) is 3. The summed E-state index contributed by atoms with van der Waals surface area (Å²) < 4.78 is 32.8. The number of nitrogen functional groups attached to an aromatic ring is 1. The monoisotopic (exact) mass is 508 g/mol. The summed E-state index contributed by atoms with van der Waals surface area (Å²) in [5.41, 5.74) is 7.20. The lowest BCUT2D eigenvalue weighted by molar-refractivity contribution is -0.127. The maximum Gasteiger partial charge on any atom is 0.275 e. The smallest absolute Gasteiger partial charge is 0.275 e. The summed E-state index contributed by atoms with van der Waals surface area (Å²) in [4.78, 5) is 31.2. The van der Waals surface area contributed by atoms with Crippen LogP contribution in [0.5, 0.6) is 11.5 Å². The van der Waals surface area contributed by atoms with Crippen molar-refractivity contribution in [1.29, 1.82) is 0 Å². The Labute approximate surface area is 211 Å². The van der Waals surface area contributed by atoms with Crippen molar-refractivity contribution >= 4 is 28.8 Å². The van der Waals surface area contributed by atoms with E-state index >= 15 is 0 Å². The number of aromatic nitrogens is 2. The molecule has 1 atom stereocenters. The molecule has 3 aromatic rings. The zero-order valence-corrected chi connectivity index (χ0v) is 20.1. The van der Waals surface area contributed by atoms with Gasteiger partial charge in [-0.05, 0) is 55.3 Å². The van der Waals surface area contributed by atoms with Gasteiger partial charge >= 0.3 is 0 Å². The molecule has 9 nitrogen and oxygen atoms in total. The van der Waals surface area contributed by atoms with Crippen LogP contribution in [-0.4, -0.2) is 46.9 Å². The third-order valence-corrected chi connectivity index (χ3v) is 6.07. The molecular weight excluding hydrogens is 482 g/mol. The Morgan fingerprint density at radius 1 is 1.30 bits per heavy atom. The zero-order chi connectivity index (χ0) is 26.5. The van der Waals surface area contributed by atoms with E-state index < -0.39 is 17.2 Å². The van der Waals surface area contributed by atoms with Crippen LogP contribution in [0.1, 0.15) is 18.4 Å². The predicted molar refractivity (Wildman–Crippen MR) is 137 cm³/mol. The summed E-state index contributed by atoms with van der Waals surface area (Å²) in [6.45, 7) is 4.55. The van der Waals surface area contributed by atoms with Crippen LogP contribution < -0.4 is 21.3 Å². The second-order valence-corrected chi connectivity index (χ2v) is 8.43. The number of aromatic amines is 1. The Bertz CT molecular complexity index is 1400. The summed E-state index contributed by atoms with van der Waals surface area (Å²) in [6, 6.07) is 10.0. The van der Waals surface area contributed by atoms with Gasteiger partial charge in [0.25, 0.3) is 5.56 Å². The third-order valence-electron chi connectivity index (χ3n) is 6.07. The van der Waals surface area contributed by atoms with Gasteiger partial charge in [0.05, 0.1) is 17.0 Å². The van der Waals surface area contributed by atoms with Crippen molar-refractivity contribution < 1.29 is 18.3 Å². The highest BCUT2D eigenvalue weighted by Gasteiger charge is 2.30. The number of hydrogen-bond donors (Lipinski definition) is 3. The highest BCUT2D eigenvalue weighted by atomic mass is 19.2. The van der Waals surface area contributed by atoms with E-state index in [9.17, 15) is 18.4 Å². The number of aliphatic imine (C=N–C) groups is 1. The fourth-order valence-electron chi connectivity index (χ4n) is 4.30. The molecule has 0 aliphatic carbocycles. The number of rotatable bonds is 7. The van der Waals surface area contributed by atoms with Gasteiger partial charge in [-0.3, -0.25) is 14.6 Å². The Kier molecular flexibility index (Phi) is 7.61. The molecule has 2 aromatic carbocycles. The number of carbonyl (C=O) groups excluding carboxylic acids is 1. The number of nitrogens with one attached hydrogen (secondary N) is 2. The highest BCUT2D eigenvalue weighted by molar-refractivity contribution is 6.08. The molecule has 1 aromatic heterocycles. The van der Waals surface area contributed by atoms with E-state index in [1.807, 2.05) is 0 Å². The quantitative estimate of drug-likeness (QED) is 0.327. The molecule has 0 saturated carbocycles. The highest BCUT2D eigenvalue weighted by Crippen LogP contribution is 2.31. The lowest BCUT2D eigenvalue weighted by Crippen LogP contribution is -2.43. The summed E-state index contributed by atoms with van der Waals surface area (Å²) in [5, 5.41) is 9.41. The molecule has 2 heterocycles. The first kappa shape index (κ1) is 25.5. The van der Waals surface area contributed by atoms with Crippen molar-refractivity contribution in [2.45, 2.75) is 12.8 Å². The first-order valence-electron chi connectivity index (χ1n) is 11.6. The molecule has 1 saturated heterocycles. The molecule has 1 aliphatic heterocycles. The van der Waals surface area contributed by atoms with Crippen molar-refractivity contribution in [2.24, 2.45) is 10.9 Å². The molecule has 4 N–H and O–H groups in total. The first-order valence-corrected chi connectivity index (χ1v) is 11.6. The molecule has 11 heteroatoms. The SMILES string of the molecule is C=CC(=O)N1CCC[C@H](C(=NC)c2c(Nc3ccc(Oc4cccc(F)c4F)cc3)c(N)n[nH]c2=O)C1. The number of ether oxygens (including phenoxy) is 1. The fraction of sp³-hybridized carbons (Fsp3) is 0.231. The molecule has 192 valence electrons. The number of piperidine rings is 1. The van der Waals surface area contributed by atoms with Crippen molar-refractivity contribution in [1.82, 2.24) is 15.1 Å². The van der Waals surface area contributed by atoms with E-state index in [1.165, 1.54) is 18.2 Å². The van der Waals surface area contributed by atoms with Crippen LogP contribution >= 0.6 is 0 Å². The molecule has 1 fully saturated rings. The number of likely N-dealkylation sites (tertiary alicyclic amines) is 1.